The summed E-state index contributed by atoms with van der Waals surface area (Å²) in [6, 6.07) is 20.6. The van der Waals surface area contributed by atoms with Crippen LogP contribution in [0.15, 0.2) is 83.0 Å². The van der Waals surface area contributed by atoms with Crippen LogP contribution < -0.4 is 4.74 Å². The maximum Gasteiger partial charge on any atom is 0.342 e. The van der Waals surface area contributed by atoms with Crippen LogP contribution in [0, 0.1) is 0 Å². The molecular weight excluding hydrogens is 531 g/mol. The fourth-order valence-corrected chi connectivity index (χ4v) is 5.05. The molecule has 3 aromatic carbocycles. The maximum atomic E-state index is 12.2. The van der Waals surface area contributed by atoms with Crippen molar-refractivity contribution < 1.29 is 14.6 Å². The highest BCUT2D eigenvalue weighted by Gasteiger charge is 2.18. The largest absolute Gasteiger partial charge is 0.496 e. The van der Waals surface area contributed by atoms with Gasteiger partial charge in [-0.3, -0.25) is 5.10 Å². The lowest BCUT2D eigenvalue weighted by atomic mass is 10.1. The maximum absolute atomic E-state index is 12.2. The van der Waals surface area contributed by atoms with E-state index in [1.807, 2.05) is 54.7 Å². The van der Waals surface area contributed by atoms with E-state index in [9.17, 15) is 9.90 Å². The van der Waals surface area contributed by atoms with Gasteiger partial charge in [0.1, 0.15) is 10.7 Å². The Balaban J connectivity index is 1.49. The van der Waals surface area contributed by atoms with E-state index < -0.39 is 5.97 Å². The summed E-state index contributed by atoms with van der Waals surface area (Å²) in [6.45, 7) is 0.551. The Labute approximate surface area is 226 Å². The van der Waals surface area contributed by atoms with Gasteiger partial charge in [-0.2, -0.15) is 0 Å². The van der Waals surface area contributed by atoms with Gasteiger partial charge in [-0.1, -0.05) is 59.6 Å². The average Bonchev–Trinajstić information content (AvgIpc) is 3.50. The number of para-hydroxylation sites is 1. The van der Waals surface area contributed by atoms with Crippen LogP contribution >= 0.6 is 35.0 Å². The summed E-state index contributed by atoms with van der Waals surface area (Å²) in [5, 5.41) is 19.4. The van der Waals surface area contributed by atoms with Crippen molar-refractivity contribution in [2.45, 2.75) is 11.7 Å². The van der Waals surface area contributed by atoms with E-state index in [1.165, 1.54) is 0 Å². The summed E-state index contributed by atoms with van der Waals surface area (Å²) in [5.41, 5.74) is 3.33. The Kier molecular flexibility index (Phi) is 7.23. The van der Waals surface area contributed by atoms with Gasteiger partial charge < -0.3 is 14.4 Å². The molecule has 0 aliphatic heterocycles. The van der Waals surface area contributed by atoms with Crippen LogP contribution in [-0.2, 0) is 11.3 Å². The predicted octanol–water partition coefficient (Wildman–Crippen LogP) is 7.01. The molecule has 5 aromatic rings. The van der Waals surface area contributed by atoms with Crippen LogP contribution in [0.3, 0.4) is 0 Å². The molecule has 0 spiro atoms. The summed E-state index contributed by atoms with van der Waals surface area (Å²) in [6.07, 6.45) is 3.56. The van der Waals surface area contributed by atoms with E-state index in [4.69, 9.17) is 27.9 Å². The second-order valence-electron chi connectivity index (χ2n) is 8.05. The number of nitrogens with one attached hydrogen (secondary N) is 1. The SMILES string of the molecule is COc1ccc(Cl)cc1-c1nc(S/C(=C\c2cn(Cc3ccccc3Cl)c3ccccc23)C(=O)O)n[nH]1. The van der Waals surface area contributed by atoms with Crippen molar-refractivity contribution in [2.75, 3.05) is 7.11 Å². The first-order valence-electron chi connectivity index (χ1n) is 11.1. The molecule has 37 heavy (non-hydrogen) atoms. The first-order chi connectivity index (χ1) is 17.9. The first kappa shape index (κ1) is 25.0. The molecule has 0 radical (unpaired) electrons. The molecule has 0 amide bonds. The number of thioether (sulfide) groups is 1. The molecule has 2 heterocycles. The zero-order chi connectivity index (χ0) is 25.9. The van der Waals surface area contributed by atoms with Crippen molar-refractivity contribution >= 4 is 57.9 Å². The molecule has 5 rings (SSSR count). The lowest BCUT2D eigenvalue weighted by molar-refractivity contribution is -0.131. The van der Waals surface area contributed by atoms with Crippen molar-refractivity contribution in [3.63, 3.8) is 0 Å². The summed E-state index contributed by atoms with van der Waals surface area (Å²) in [4.78, 5) is 16.7. The molecule has 186 valence electrons. The number of rotatable bonds is 8. The number of hydrogen-bond donors (Lipinski definition) is 2. The lowest BCUT2D eigenvalue weighted by Crippen LogP contribution is -1.98. The Bertz CT molecular complexity index is 1640. The Morgan fingerprint density at radius 1 is 1.14 bits per heavy atom. The molecule has 10 heteroatoms. The smallest absolute Gasteiger partial charge is 0.342 e. The molecule has 0 unspecified atom stereocenters. The van der Waals surface area contributed by atoms with Gasteiger partial charge in [-0.05, 0) is 53.7 Å². The number of halogens is 2. The molecule has 0 saturated carbocycles. The quantitative estimate of drug-likeness (QED) is 0.159. The van der Waals surface area contributed by atoms with E-state index in [0.717, 1.165) is 33.8 Å². The highest BCUT2D eigenvalue weighted by molar-refractivity contribution is 8.04. The van der Waals surface area contributed by atoms with Crippen LogP contribution in [0.4, 0.5) is 0 Å². The van der Waals surface area contributed by atoms with Gasteiger partial charge >= 0.3 is 5.97 Å². The number of H-pyrrole nitrogens is 1. The molecule has 7 nitrogen and oxygen atoms in total. The third kappa shape index (κ3) is 5.36. The van der Waals surface area contributed by atoms with Gasteiger partial charge in [0.2, 0.25) is 5.16 Å². The molecule has 0 atom stereocenters. The van der Waals surface area contributed by atoms with Crippen LogP contribution in [0.1, 0.15) is 11.1 Å². The van der Waals surface area contributed by atoms with Gasteiger partial charge in [0.15, 0.2) is 5.82 Å². The van der Waals surface area contributed by atoms with E-state index in [2.05, 4.69) is 19.7 Å². The van der Waals surface area contributed by atoms with Gasteiger partial charge in [0, 0.05) is 39.3 Å². The number of benzene rings is 3. The monoisotopic (exact) mass is 550 g/mol. The highest BCUT2D eigenvalue weighted by atomic mass is 35.5. The Morgan fingerprint density at radius 2 is 1.92 bits per heavy atom. The Hall–Kier alpha value is -3.72. The minimum absolute atomic E-state index is 0.0734. The van der Waals surface area contributed by atoms with Crippen LogP contribution in [0.25, 0.3) is 28.4 Å². The molecule has 0 aliphatic rings. The number of methoxy groups -OCH3 is 1. The standard InChI is InChI=1S/C27H20Cl2N4O3S/c1-36-23-11-10-18(28)13-20(23)25-30-27(32-31-25)37-24(26(34)35)12-17-15-33(22-9-5-3-7-19(17)22)14-16-6-2-4-8-21(16)29/h2-13,15H,14H2,1H3,(H,34,35)(H,30,31,32)/b24-12-. The number of carboxylic acid groups (broad SMARTS) is 1. The Morgan fingerprint density at radius 3 is 2.70 bits per heavy atom. The number of fused-ring (bicyclic) bond motifs is 1. The molecule has 2 aromatic heterocycles. The minimum Gasteiger partial charge on any atom is -0.496 e. The zero-order valence-corrected chi connectivity index (χ0v) is 21.8. The molecule has 2 N–H and O–H groups in total. The summed E-state index contributed by atoms with van der Waals surface area (Å²) < 4.78 is 7.44. The topological polar surface area (TPSA) is 93.0 Å². The third-order valence-electron chi connectivity index (χ3n) is 5.70. The van der Waals surface area contributed by atoms with Gasteiger partial charge in [0.05, 0.1) is 12.7 Å². The molecule has 0 saturated heterocycles. The molecule has 0 aliphatic carbocycles. The van der Waals surface area contributed by atoms with Gasteiger partial charge in [-0.25, -0.2) is 9.78 Å². The highest BCUT2D eigenvalue weighted by Crippen LogP contribution is 2.34. The fraction of sp³-hybridized carbons (Fsp3) is 0.0741. The predicted molar refractivity (Wildman–Crippen MR) is 147 cm³/mol. The fourth-order valence-electron chi connectivity index (χ4n) is 3.98. The second-order valence-corrected chi connectivity index (χ2v) is 9.90. The number of carbonyl (C=O) groups is 1. The van der Waals surface area contributed by atoms with E-state index in [1.54, 1.807) is 31.4 Å². The summed E-state index contributed by atoms with van der Waals surface area (Å²) in [5.74, 6) is -0.0972. The van der Waals surface area contributed by atoms with Crippen LogP contribution in [0.5, 0.6) is 5.75 Å². The van der Waals surface area contributed by atoms with Crippen LogP contribution in [-0.4, -0.2) is 37.9 Å². The lowest BCUT2D eigenvalue weighted by Gasteiger charge is -2.07. The number of ether oxygens (including phenoxy) is 1. The van der Waals surface area contributed by atoms with Crippen molar-refractivity contribution in [3.05, 3.63) is 99.0 Å². The minimum atomic E-state index is -1.08. The van der Waals surface area contributed by atoms with Gasteiger partial charge in [0.25, 0.3) is 0 Å². The zero-order valence-electron chi connectivity index (χ0n) is 19.5. The van der Waals surface area contributed by atoms with Crippen LogP contribution in [0.2, 0.25) is 10.0 Å². The number of carboxylic acids is 1. The summed E-state index contributed by atoms with van der Waals surface area (Å²) in [7, 11) is 1.55. The van der Waals surface area contributed by atoms with Crippen molar-refractivity contribution in [1.82, 2.24) is 19.7 Å². The van der Waals surface area contributed by atoms with Crippen molar-refractivity contribution in [3.8, 4) is 17.1 Å². The molecule has 0 bridgehead atoms. The number of hydrogen-bond acceptors (Lipinski definition) is 5. The van der Waals surface area contributed by atoms with E-state index in [-0.39, 0.29) is 10.1 Å². The molecular formula is C27H20Cl2N4O3S. The van der Waals surface area contributed by atoms with Crippen molar-refractivity contribution in [2.24, 2.45) is 0 Å². The number of aliphatic carboxylic acids is 1. The second kappa shape index (κ2) is 10.7. The van der Waals surface area contributed by atoms with Crippen molar-refractivity contribution in [1.29, 1.82) is 0 Å². The number of aromatic nitrogens is 4. The molecule has 0 fully saturated rings. The third-order valence-corrected chi connectivity index (χ3v) is 7.18. The van der Waals surface area contributed by atoms with E-state index >= 15 is 0 Å². The normalized spacial score (nSPS) is 11.7. The van der Waals surface area contributed by atoms with Gasteiger partial charge in [-0.15, -0.1) is 5.10 Å². The number of nitrogens with zero attached hydrogens (tertiary/aromatic N) is 3. The average molecular weight is 551 g/mol. The van der Waals surface area contributed by atoms with E-state index in [0.29, 0.717) is 33.7 Å². The summed E-state index contributed by atoms with van der Waals surface area (Å²) >= 11 is 13.5. The first-order valence-corrected chi connectivity index (χ1v) is 12.7. The number of aromatic amines is 1.